The average Bonchev–Trinajstić information content (AvgIpc) is 2.10. The van der Waals surface area contributed by atoms with Gasteiger partial charge in [-0.2, -0.15) is 8.78 Å². The summed E-state index contributed by atoms with van der Waals surface area (Å²) in [7, 11) is 1.78. The first kappa shape index (κ1) is 11.4. The molecule has 0 atom stereocenters. The Bertz CT molecular complexity index is 307. The molecule has 1 aromatic rings. The van der Waals surface area contributed by atoms with Crippen LogP contribution < -0.4 is 10.1 Å². The van der Waals surface area contributed by atoms with Crippen LogP contribution in [0, 0.1) is 0 Å². The van der Waals surface area contributed by atoms with Gasteiger partial charge in [0.15, 0.2) is 0 Å². The number of hydrogen-bond donors (Lipinski definition) is 1. The van der Waals surface area contributed by atoms with E-state index in [4.69, 9.17) is 0 Å². The van der Waals surface area contributed by atoms with Gasteiger partial charge in [0.1, 0.15) is 5.75 Å². The predicted molar refractivity (Wildman–Crippen MR) is 53.5 cm³/mol. The summed E-state index contributed by atoms with van der Waals surface area (Å²) in [4.78, 5) is 0. The van der Waals surface area contributed by atoms with Crippen molar-refractivity contribution in [2.45, 2.75) is 13.2 Å². The number of rotatable bonds is 4. The van der Waals surface area contributed by atoms with Crippen LogP contribution in [-0.4, -0.2) is 13.7 Å². The van der Waals surface area contributed by atoms with Crippen molar-refractivity contribution < 1.29 is 13.5 Å². The summed E-state index contributed by atoms with van der Waals surface area (Å²) in [6.45, 7) is -2.18. The Morgan fingerprint density at radius 2 is 2.21 bits per heavy atom. The Morgan fingerprint density at radius 1 is 1.50 bits per heavy atom. The minimum atomic E-state index is -2.78. The van der Waals surface area contributed by atoms with Crippen molar-refractivity contribution >= 4 is 15.9 Å². The first-order chi connectivity index (χ1) is 6.63. The third kappa shape index (κ3) is 3.23. The van der Waals surface area contributed by atoms with E-state index in [0.29, 0.717) is 6.54 Å². The van der Waals surface area contributed by atoms with Gasteiger partial charge >= 0.3 is 6.61 Å². The smallest absolute Gasteiger partial charge is 0.387 e. The predicted octanol–water partition coefficient (Wildman–Crippen LogP) is 2.77. The highest BCUT2D eigenvalue weighted by atomic mass is 79.9. The second-order valence-electron chi connectivity index (χ2n) is 2.66. The van der Waals surface area contributed by atoms with E-state index >= 15 is 0 Å². The average molecular weight is 266 g/mol. The number of ether oxygens (including phenoxy) is 1. The number of benzene rings is 1. The summed E-state index contributed by atoms with van der Waals surface area (Å²) in [6.07, 6.45) is 0. The normalized spacial score (nSPS) is 10.6. The molecule has 0 bridgehead atoms. The molecule has 0 aliphatic heterocycles. The number of halogens is 3. The lowest BCUT2D eigenvalue weighted by Gasteiger charge is -2.08. The molecule has 0 heterocycles. The van der Waals surface area contributed by atoms with E-state index in [1.54, 1.807) is 19.2 Å². The van der Waals surface area contributed by atoms with E-state index in [1.807, 2.05) is 0 Å². The molecule has 0 aliphatic rings. The molecule has 78 valence electrons. The Morgan fingerprint density at radius 3 is 2.79 bits per heavy atom. The van der Waals surface area contributed by atoms with Gasteiger partial charge < -0.3 is 10.1 Å². The molecule has 1 N–H and O–H groups in total. The van der Waals surface area contributed by atoms with Gasteiger partial charge in [0.25, 0.3) is 0 Å². The number of hydrogen-bond acceptors (Lipinski definition) is 2. The van der Waals surface area contributed by atoms with E-state index in [0.717, 1.165) is 10.0 Å². The van der Waals surface area contributed by atoms with Crippen LogP contribution in [0.1, 0.15) is 5.56 Å². The summed E-state index contributed by atoms with van der Waals surface area (Å²) in [5.74, 6) is 0.174. The van der Waals surface area contributed by atoms with Gasteiger partial charge in [-0.15, -0.1) is 0 Å². The Kier molecular flexibility index (Phi) is 4.28. The highest BCUT2D eigenvalue weighted by Crippen LogP contribution is 2.23. The van der Waals surface area contributed by atoms with E-state index in [1.165, 1.54) is 6.07 Å². The highest BCUT2D eigenvalue weighted by Gasteiger charge is 2.06. The molecule has 1 aromatic carbocycles. The van der Waals surface area contributed by atoms with Crippen LogP contribution in [0.5, 0.6) is 5.75 Å². The van der Waals surface area contributed by atoms with Crippen molar-refractivity contribution in [2.75, 3.05) is 7.05 Å². The molecule has 0 saturated heterocycles. The first-order valence-electron chi connectivity index (χ1n) is 4.01. The fourth-order valence-corrected chi connectivity index (χ4v) is 1.44. The lowest BCUT2D eigenvalue weighted by molar-refractivity contribution is -0.0498. The zero-order valence-electron chi connectivity index (χ0n) is 7.56. The van der Waals surface area contributed by atoms with Crippen molar-refractivity contribution in [1.29, 1.82) is 0 Å². The summed E-state index contributed by atoms with van der Waals surface area (Å²) < 4.78 is 28.9. The van der Waals surface area contributed by atoms with Crippen LogP contribution in [0.3, 0.4) is 0 Å². The lowest BCUT2D eigenvalue weighted by Crippen LogP contribution is -2.07. The molecular weight excluding hydrogens is 256 g/mol. The van der Waals surface area contributed by atoms with Gasteiger partial charge in [0.2, 0.25) is 0 Å². The second-order valence-corrected chi connectivity index (χ2v) is 3.52. The molecule has 14 heavy (non-hydrogen) atoms. The molecule has 1 rings (SSSR count). The maximum absolute atomic E-state index is 11.9. The quantitative estimate of drug-likeness (QED) is 0.904. The number of nitrogens with one attached hydrogen (secondary N) is 1. The van der Waals surface area contributed by atoms with Crippen LogP contribution in [0.15, 0.2) is 22.7 Å². The standard InChI is InChI=1S/C9H10BrF2NO/c1-13-5-6-4-7(14-9(11)12)2-3-8(6)10/h2-4,9,13H,5H2,1H3. The van der Waals surface area contributed by atoms with Gasteiger partial charge in [-0.3, -0.25) is 0 Å². The Balaban J connectivity index is 2.83. The zero-order valence-corrected chi connectivity index (χ0v) is 9.14. The second kappa shape index (κ2) is 5.26. The van der Waals surface area contributed by atoms with Gasteiger partial charge in [-0.25, -0.2) is 0 Å². The summed E-state index contributed by atoms with van der Waals surface area (Å²) in [6, 6.07) is 4.76. The molecule has 0 spiro atoms. The fraction of sp³-hybridized carbons (Fsp3) is 0.333. The molecule has 0 saturated carbocycles. The largest absolute Gasteiger partial charge is 0.435 e. The molecule has 0 fully saturated rings. The lowest BCUT2D eigenvalue weighted by atomic mass is 10.2. The monoisotopic (exact) mass is 265 g/mol. The molecule has 0 aromatic heterocycles. The van der Waals surface area contributed by atoms with Crippen molar-refractivity contribution in [3.8, 4) is 5.75 Å². The third-order valence-electron chi connectivity index (χ3n) is 1.61. The Hall–Kier alpha value is -0.680. The molecule has 5 heteroatoms. The summed E-state index contributed by atoms with van der Waals surface area (Å²) >= 11 is 3.31. The van der Waals surface area contributed by atoms with E-state index < -0.39 is 6.61 Å². The van der Waals surface area contributed by atoms with Gasteiger partial charge in [0, 0.05) is 11.0 Å². The van der Waals surface area contributed by atoms with E-state index in [-0.39, 0.29) is 5.75 Å². The van der Waals surface area contributed by atoms with Crippen molar-refractivity contribution in [1.82, 2.24) is 5.32 Å². The summed E-state index contributed by atoms with van der Waals surface area (Å²) in [5, 5.41) is 2.93. The maximum Gasteiger partial charge on any atom is 0.387 e. The third-order valence-corrected chi connectivity index (χ3v) is 2.38. The van der Waals surface area contributed by atoms with Gasteiger partial charge in [-0.1, -0.05) is 15.9 Å². The first-order valence-corrected chi connectivity index (χ1v) is 4.80. The molecular formula is C9H10BrF2NO. The van der Waals surface area contributed by atoms with Crippen LogP contribution in [-0.2, 0) is 6.54 Å². The van der Waals surface area contributed by atoms with Gasteiger partial charge in [0.05, 0.1) is 0 Å². The summed E-state index contributed by atoms with van der Waals surface area (Å²) in [5.41, 5.74) is 0.880. The number of alkyl halides is 2. The molecule has 0 aliphatic carbocycles. The Labute approximate surface area is 89.4 Å². The van der Waals surface area contributed by atoms with Crippen LogP contribution >= 0.6 is 15.9 Å². The minimum absolute atomic E-state index is 0.174. The topological polar surface area (TPSA) is 21.3 Å². The van der Waals surface area contributed by atoms with Crippen molar-refractivity contribution in [3.05, 3.63) is 28.2 Å². The van der Waals surface area contributed by atoms with E-state index in [9.17, 15) is 8.78 Å². The van der Waals surface area contributed by atoms with Crippen molar-refractivity contribution in [3.63, 3.8) is 0 Å². The molecule has 2 nitrogen and oxygen atoms in total. The molecule has 0 radical (unpaired) electrons. The van der Waals surface area contributed by atoms with Crippen LogP contribution in [0.25, 0.3) is 0 Å². The highest BCUT2D eigenvalue weighted by molar-refractivity contribution is 9.10. The maximum atomic E-state index is 11.9. The van der Waals surface area contributed by atoms with Crippen molar-refractivity contribution in [2.24, 2.45) is 0 Å². The van der Waals surface area contributed by atoms with Crippen LogP contribution in [0.4, 0.5) is 8.78 Å². The molecule has 0 unspecified atom stereocenters. The minimum Gasteiger partial charge on any atom is -0.435 e. The zero-order chi connectivity index (χ0) is 10.6. The van der Waals surface area contributed by atoms with Gasteiger partial charge in [-0.05, 0) is 30.8 Å². The fourth-order valence-electron chi connectivity index (χ4n) is 1.05. The van der Waals surface area contributed by atoms with E-state index in [2.05, 4.69) is 26.0 Å². The van der Waals surface area contributed by atoms with Crippen LogP contribution in [0.2, 0.25) is 0 Å². The SMILES string of the molecule is CNCc1cc(OC(F)F)ccc1Br. The molecule has 0 amide bonds.